The van der Waals surface area contributed by atoms with Crippen LogP contribution in [0.4, 0.5) is 5.82 Å². The van der Waals surface area contributed by atoms with E-state index in [2.05, 4.69) is 15.6 Å². The zero-order valence-electron chi connectivity index (χ0n) is 14.7. The van der Waals surface area contributed by atoms with Crippen LogP contribution in [-0.2, 0) is 14.4 Å². The molecular weight excluding hydrogens is 356 g/mol. The fraction of sp³-hybridized carbons (Fsp3) is 0.556. The first-order valence-corrected chi connectivity index (χ1v) is 9.27. The van der Waals surface area contributed by atoms with Gasteiger partial charge in [0.05, 0.1) is 11.1 Å². The number of Topliss-reactive ketones (excluding diaryl/α,β-unsaturated/α-hetero) is 1. The highest BCUT2D eigenvalue weighted by atomic mass is 35.5. The predicted octanol–water partition coefficient (Wildman–Crippen LogP) is 1.48. The monoisotopic (exact) mass is 378 g/mol. The van der Waals surface area contributed by atoms with Crippen molar-refractivity contribution in [2.45, 2.75) is 32.2 Å². The van der Waals surface area contributed by atoms with E-state index >= 15 is 0 Å². The molecule has 140 valence electrons. The molecule has 26 heavy (non-hydrogen) atoms. The topological polar surface area (TPSA) is 91.4 Å². The SMILES string of the molecule is CC(=O)C1CNC(C(=O)N2CCC(C(=O)Nc3ccc(Cl)cn3)CC2)C1. The third kappa shape index (κ3) is 4.40. The number of nitrogens with zero attached hydrogens (tertiary/aromatic N) is 2. The maximum atomic E-state index is 12.6. The lowest BCUT2D eigenvalue weighted by atomic mass is 9.94. The van der Waals surface area contributed by atoms with E-state index < -0.39 is 0 Å². The molecule has 2 N–H and O–H groups in total. The van der Waals surface area contributed by atoms with Gasteiger partial charge in [0.15, 0.2) is 0 Å². The fourth-order valence-electron chi connectivity index (χ4n) is 3.49. The van der Waals surface area contributed by atoms with Crippen LogP contribution in [0, 0.1) is 11.8 Å². The van der Waals surface area contributed by atoms with Gasteiger partial charge in [-0.1, -0.05) is 11.6 Å². The lowest BCUT2D eigenvalue weighted by Crippen LogP contribution is -2.48. The zero-order chi connectivity index (χ0) is 18.7. The molecule has 0 saturated carbocycles. The van der Waals surface area contributed by atoms with Crippen LogP contribution < -0.4 is 10.6 Å². The normalized spacial score (nSPS) is 23.7. The lowest BCUT2D eigenvalue weighted by Gasteiger charge is -2.33. The number of halogens is 1. The minimum absolute atomic E-state index is 0.0342. The summed E-state index contributed by atoms with van der Waals surface area (Å²) >= 11 is 5.79. The molecule has 2 fully saturated rings. The van der Waals surface area contributed by atoms with Gasteiger partial charge in [0.1, 0.15) is 11.6 Å². The largest absolute Gasteiger partial charge is 0.341 e. The van der Waals surface area contributed by atoms with Gasteiger partial charge in [-0.2, -0.15) is 0 Å². The number of hydrogen-bond acceptors (Lipinski definition) is 5. The van der Waals surface area contributed by atoms with Gasteiger partial charge >= 0.3 is 0 Å². The van der Waals surface area contributed by atoms with Crippen LogP contribution >= 0.6 is 11.6 Å². The molecule has 0 aliphatic carbocycles. The van der Waals surface area contributed by atoms with Crippen molar-refractivity contribution in [1.82, 2.24) is 15.2 Å². The summed E-state index contributed by atoms with van der Waals surface area (Å²) in [4.78, 5) is 42.3. The molecule has 7 nitrogen and oxygen atoms in total. The van der Waals surface area contributed by atoms with E-state index in [1.54, 1.807) is 24.0 Å². The Morgan fingerprint density at radius 3 is 2.54 bits per heavy atom. The highest BCUT2D eigenvalue weighted by molar-refractivity contribution is 6.30. The molecule has 2 saturated heterocycles. The summed E-state index contributed by atoms with van der Waals surface area (Å²) in [5.74, 6) is 0.342. The maximum Gasteiger partial charge on any atom is 0.239 e. The van der Waals surface area contributed by atoms with E-state index in [0.717, 1.165) is 0 Å². The number of hydrogen-bond donors (Lipinski definition) is 2. The summed E-state index contributed by atoms with van der Waals surface area (Å²) < 4.78 is 0. The molecule has 3 rings (SSSR count). The minimum atomic E-state index is -0.285. The minimum Gasteiger partial charge on any atom is -0.341 e. The molecule has 0 spiro atoms. The quantitative estimate of drug-likeness (QED) is 0.828. The van der Waals surface area contributed by atoms with Gasteiger partial charge in [0.2, 0.25) is 11.8 Å². The molecule has 2 atom stereocenters. The molecule has 2 aliphatic rings. The van der Waals surface area contributed by atoms with Crippen molar-refractivity contribution < 1.29 is 14.4 Å². The number of aromatic nitrogens is 1. The second-order valence-electron chi connectivity index (χ2n) is 6.95. The number of likely N-dealkylation sites (tertiary alicyclic amines) is 1. The van der Waals surface area contributed by atoms with Crippen molar-refractivity contribution >= 4 is 35.0 Å². The molecule has 8 heteroatoms. The Kier molecular flexibility index (Phi) is 5.88. The van der Waals surface area contributed by atoms with Crippen LogP contribution in [0.5, 0.6) is 0 Å². The number of anilines is 1. The third-order valence-corrected chi connectivity index (χ3v) is 5.38. The van der Waals surface area contributed by atoms with Gasteiger partial charge in [0.25, 0.3) is 0 Å². The van der Waals surface area contributed by atoms with Crippen molar-refractivity contribution in [2.75, 3.05) is 25.0 Å². The average Bonchev–Trinajstić information content (AvgIpc) is 3.13. The first kappa shape index (κ1) is 18.8. The van der Waals surface area contributed by atoms with Gasteiger partial charge in [-0.15, -0.1) is 0 Å². The highest BCUT2D eigenvalue weighted by Gasteiger charge is 2.36. The Labute approximate surface area is 157 Å². The number of carbonyl (C=O) groups is 3. The van der Waals surface area contributed by atoms with Crippen molar-refractivity contribution in [3.63, 3.8) is 0 Å². The standard InChI is InChI=1S/C18H23ClN4O3/c1-11(24)13-8-15(20-9-13)18(26)23-6-4-12(5-7-23)17(25)22-16-3-2-14(19)10-21-16/h2-3,10,12-13,15,20H,4-9H2,1H3,(H,21,22,25). The van der Waals surface area contributed by atoms with Gasteiger partial charge in [0, 0.05) is 37.7 Å². The van der Waals surface area contributed by atoms with Crippen molar-refractivity contribution in [3.05, 3.63) is 23.4 Å². The van der Waals surface area contributed by atoms with Crippen molar-refractivity contribution in [1.29, 1.82) is 0 Å². The fourth-order valence-corrected chi connectivity index (χ4v) is 3.61. The highest BCUT2D eigenvalue weighted by Crippen LogP contribution is 2.22. The lowest BCUT2D eigenvalue weighted by molar-refractivity contribution is -0.136. The van der Waals surface area contributed by atoms with Crippen LogP contribution in [0.2, 0.25) is 5.02 Å². The summed E-state index contributed by atoms with van der Waals surface area (Å²) in [7, 11) is 0. The Morgan fingerprint density at radius 1 is 1.23 bits per heavy atom. The molecule has 2 unspecified atom stereocenters. The third-order valence-electron chi connectivity index (χ3n) is 5.16. The second-order valence-corrected chi connectivity index (χ2v) is 7.39. The molecule has 2 aliphatic heterocycles. The van der Waals surface area contributed by atoms with Crippen LogP contribution in [0.25, 0.3) is 0 Å². The van der Waals surface area contributed by atoms with E-state index in [9.17, 15) is 14.4 Å². The van der Waals surface area contributed by atoms with Gasteiger partial charge in [-0.25, -0.2) is 4.98 Å². The first-order chi connectivity index (χ1) is 12.4. The van der Waals surface area contributed by atoms with Gasteiger partial charge in [-0.05, 0) is 38.3 Å². The average molecular weight is 379 g/mol. The summed E-state index contributed by atoms with van der Waals surface area (Å²) in [6.07, 6.45) is 3.29. The molecule has 0 aromatic carbocycles. The summed E-state index contributed by atoms with van der Waals surface area (Å²) in [6, 6.07) is 3.05. The number of ketones is 1. The smallest absolute Gasteiger partial charge is 0.239 e. The predicted molar refractivity (Wildman–Crippen MR) is 97.8 cm³/mol. The Hall–Kier alpha value is -1.99. The van der Waals surface area contributed by atoms with Crippen LogP contribution in [0.3, 0.4) is 0 Å². The van der Waals surface area contributed by atoms with E-state index in [-0.39, 0.29) is 35.5 Å². The molecule has 0 bridgehead atoms. The number of rotatable bonds is 4. The van der Waals surface area contributed by atoms with Crippen LogP contribution in [-0.4, -0.2) is 53.2 Å². The second kappa shape index (κ2) is 8.14. The van der Waals surface area contributed by atoms with E-state index in [0.29, 0.717) is 49.7 Å². The van der Waals surface area contributed by atoms with Crippen molar-refractivity contribution in [3.8, 4) is 0 Å². The molecule has 0 radical (unpaired) electrons. The molecule has 1 aromatic heterocycles. The Morgan fingerprint density at radius 2 is 1.96 bits per heavy atom. The Balaban J connectivity index is 1.48. The van der Waals surface area contributed by atoms with E-state index in [1.165, 1.54) is 6.20 Å². The molecule has 2 amide bonds. The molecule has 3 heterocycles. The number of piperidine rings is 1. The maximum absolute atomic E-state index is 12.6. The van der Waals surface area contributed by atoms with E-state index in [4.69, 9.17) is 11.6 Å². The molecule has 1 aromatic rings. The van der Waals surface area contributed by atoms with E-state index in [1.807, 2.05) is 0 Å². The number of nitrogens with one attached hydrogen (secondary N) is 2. The number of amides is 2. The van der Waals surface area contributed by atoms with Crippen LogP contribution in [0.15, 0.2) is 18.3 Å². The van der Waals surface area contributed by atoms with Gasteiger partial charge in [-0.3, -0.25) is 14.4 Å². The summed E-state index contributed by atoms with van der Waals surface area (Å²) in [5.41, 5.74) is 0. The Bertz CT molecular complexity index is 686. The zero-order valence-corrected chi connectivity index (χ0v) is 15.5. The summed E-state index contributed by atoms with van der Waals surface area (Å²) in [5, 5.41) is 6.46. The van der Waals surface area contributed by atoms with Crippen molar-refractivity contribution in [2.24, 2.45) is 11.8 Å². The first-order valence-electron chi connectivity index (χ1n) is 8.89. The molecular formula is C18H23ClN4O3. The van der Waals surface area contributed by atoms with Gasteiger partial charge < -0.3 is 15.5 Å². The summed E-state index contributed by atoms with van der Waals surface area (Å²) in [6.45, 7) is 3.24. The number of carbonyl (C=O) groups excluding carboxylic acids is 3. The number of pyridine rings is 1. The van der Waals surface area contributed by atoms with Crippen LogP contribution in [0.1, 0.15) is 26.2 Å².